The first kappa shape index (κ1) is 14.4. The zero-order valence-electron chi connectivity index (χ0n) is 11.4. The molecule has 0 saturated carbocycles. The molecule has 0 aliphatic carbocycles. The molecule has 2 N–H and O–H groups in total. The zero-order chi connectivity index (χ0) is 15.9. The molecule has 1 unspecified atom stereocenters. The number of carbonyl (C=O) groups excluding carboxylic acids is 1. The lowest BCUT2D eigenvalue weighted by atomic mass is 10.0. The summed E-state index contributed by atoms with van der Waals surface area (Å²) in [6, 6.07) is 10.0. The molecule has 0 saturated heterocycles. The highest BCUT2D eigenvalue weighted by Crippen LogP contribution is 2.40. The van der Waals surface area contributed by atoms with Gasteiger partial charge in [-0.1, -0.05) is 12.1 Å². The molecule has 0 bridgehead atoms. The number of ether oxygens (including phenoxy) is 1. The fraction of sp³-hybridized carbons (Fsp3) is 0.188. The summed E-state index contributed by atoms with van der Waals surface area (Å²) in [5.74, 6) is -0.126. The first-order valence-corrected chi connectivity index (χ1v) is 6.61. The molecule has 0 spiro atoms. The second kappa shape index (κ2) is 5.05. The SMILES string of the molecule is NC(=O)c1cccc(C2Cc3cc(C(F)(F)F)ccc3O2)c1. The van der Waals surface area contributed by atoms with Crippen molar-refractivity contribution in [2.45, 2.75) is 18.7 Å². The highest BCUT2D eigenvalue weighted by atomic mass is 19.4. The maximum atomic E-state index is 12.7. The van der Waals surface area contributed by atoms with Crippen LogP contribution in [0.5, 0.6) is 5.75 Å². The molecule has 2 aromatic carbocycles. The second-order valence-electron chi connectivity index (χ2n) is 5.12. The van der Waals surface area contributed by atoms with Crippen molar-refractivity contribution in [1.29, 1.82) is 0 Å². The number of fused-ring (bicyclic) bond motifs is 1. The minimum atomic E-state index is -4.38. The van der Waals surface area contributed by atoms with Crippen molar-refractivity contribution < 1.29 is 22.7 Å². The number of halogens is 3. The lowest BCUT2D eigenvalue weighted by Crippen LogP contribution is -2.12. The topological polar surface area (TPSA) is 52.3 Å². The van der Waals surface area contributed by atoms with Gasteiger partial charge in [-0.05, 0) is 41.5 Å². The molecule has 1 aliphatic heterocycles. The Labute approximate surface area is 124 Å². The van der Waals surface area contributed by atoms with Crippen molar-refractivity contribution in [3.63, 3.8) is 0 Å². The summed E-state index contributed by atoms with van der Waals surface area (Å²) in [4.78, 5) is 11.2. The predicted octanol–water partition coefficient (Wildman–Crippen LogP) is 3.48. The second-order valence-corrected chi connectivity index (χ2v) is 5.12. The van der Waals surface area contributed by atoms with Crippen molar-refractivity contribution in [3.8, 4) is 5.75 Å². The molecule has 0 aromatic heterocycles. The van der Waals surface area contributed by atoms with Gasteiger partial charge >= 0.3 is 6.18 Å². The van der Waals surface area contributed by atoms with Gasteiger partial charge in [0.1, 0.15) is 11.9 Å². The third-order valence-electron chi connectivity index (χ3n) is 3.61. The fourth-order valence-electron chi connectivity index (χ4n) is 2.50. The molecule has 1 amide bonds. The quantitative estimate of drug-likeness (QED) is 0.923. The summed E-state index contributed by atoms with van der Waals surface area (Å²) in [5, 5.41) is 0. The van der Waals surface area contributed by atoms with Gasteiger partial charge in [0.25, 0.3) is 0 Å². The Balaban J connectivity index is 1.88. The molecule has 1 atom stereocenters. The number of benzene rings is 2. The van der Waals surface area contributed by atoms with Crippen LogP contribution < -0.4 is 10.5 Å². The Kier molecular flexibility index (Phi) is 3.31. The third-order valence-corrected chi connectivity index (χ3v) is 3.61. The highest BCUT2D eigenvalue weighted by molar-refractivity contribution is 5.92. The van der Waals surface area contributed by atoms with Gasteiger partial charge in [0.05, 0.1) is 5.56 Å². The predicted molar refractivity (Wildman–Crippen MR) is 73.5 cm³/mol. The van der Waals surface area contributed by atoms with Crippen LogP contribution in [0, 0.1) is 0 Å². The lowest BCUT2D eigenvalue weighted by molar-refractivity contribution is -0.137. The molecule has 0 fully saturated rings. The Morgan fingerprint density at radius 3 is 2.64 bits per heavy atom. The van der Waals surface area contributed by atoms with E-state index < -0.39 is 23.8 Å². The first-order chi connectivity index (χ1) is 10.3. The molecule has 0 radical (unpaired) electrons. The maximum Gasteiger partial charge on any atom is 0.416 e. The highest BCUT2D eigenvalue weighted by Gasteiger charge is 2.33. The van der Waals surface area contributed by atoms with E-state index >= 15 is 0 Å². The number of alkyl halides is 3. The molecule has 114 valence electrons. The maximum absolute atomic E-state index is 12.7. The van der Waals surface area contributed by atoms with E-state index in [-0.39, 0.29) is 0 Å². The van der Waals surface area contributed by atoms with Crippen molar-refractivity contribution in [1.82, 2.24) is 0 Å². The van der Waals surface area contributed by atoms with Gasteiger partial charge in [-0.25, -0.2) is 0 Å². The smallest absolute Gasteiger partial charge is 0.416 e. The molecule has 1 heterocycles. The summed E-state index contributed by atoms with van der Waals surface area (Å²) in [5.41, 5.74) is 6.09. The van der Waals surface area contributed by atoms with Crippen molar-refractivity contribution >= 4 is 5.91 Å². The average molecular weight is 307 g/mol. The summed E-state index contributed by atoms with van der Waals surface area (Å²) < 4.78 is 43.9. The fourth-order valence-corrected chi connectivity index (χ4v) is 2.50. The van der Waals surface area contributed by atoms with Crippen LogP contribution in [-0.4, -0.2) is 5.91 Å². The normalized spacial score (nSPS) is 17.0. The lowest BCUT2D eigenvalue weighted by Gasteiger charge is -2.11. The van der Waals surface area contributed by atoms with Crippen LogP contribution in [0.2, 0.25) is 0 Å². The molecule has 6 heteroatoms. The number of hydrogen-bond acceptors (Lipinski definition) is 2. The molecule has 1 aliphatic rings. The van der Waals surface area contributed by atoms with Crippen molar-refractivity contribution in [3.05, 3.63) is 64.7 Å². The summed E-state index contributed by atoms with van der Waals surface area (Å²) in [6.07, 6.45) is -4.47. The van der Waals surface area contributed by atoms with E-state index in [1.807, 2.05) is 0 Å². The van der Waals surface area contributed by atoms with Crippen LogP contribution in [0.1, 0.15) is 33.2 Å². The van der Waals surface area contributed by atoms with Crippen molar-refractivity contribution in [2.24, 2.45) is 5.73 Å². The Bertz CT molecular complexity index is 740. The third kappa shape index (κ3) is 2.64. The minimum absolute atomic E-state index is 0.321. The summed E-state index contributed by atoms with van der Waals surface area (Å²) >= 11 is 0. The van der Waals surface area contributed by atoms with Gasteiger partial charge in [-0.2, -0.15) is 13.2 Å². The largest absolute Gasteiger partial charge is 0.485 e. The van der Waals surface area contributed by atoms with Crippen LogP contribution in [0.25, 0.3) is 0 Å². The van der Waals surface area contributed by atoms with Gasteiger partial charge in [-0.15, -0.1) is 0 Å². The molecular formula is C16H12F3NO2. The molecule has 2 aromatic rings. The minimum Gasteiger partial charge on any atom is -0.485 e. The monoisotopic (exact) mass is 307 g/mol. The van der Waals surface area contributed by atoms with Gasteiger partial charge in [0, 0.05) is 12.0 Å². The van der Waals surface area contributed by atoms with Crippen LogP contribution in [0.4, 0.5) is 13.2 Å². The standard InChI is InChI=1S/C16H12F3NO2/c17-16(18,19)12-4-5-13-11(7-12)8-14(22-13)9-2-1-3-10(6-9)15(20)21/h1-7,14H,8H2,(H2,20,21). The zero-order valence-corrected chi connectivity index (χ0v) is 11.4. The van der Waals surface area contributed by atoms with E-state index in [0.717, 1.165) is 12.1 Å². The van der Waals surface area contributed by atoms with Crippen LogP contribution in [0.15, 0.2) is 42.5 Å². The van der Waals surface area contributed by atoms with Gasteiger partial charge in [0.15, 0.2) is 0 Å². The first-order valence-electron chi connectivity index (χ1n) is 6.61. The van der Waals surface area contributed by atoms with Gasteiger partial charge in [-0.3, -0.25) is 4.79 Å². The average Bonchev–Trinajstić information content (AvgIpc) is 2.89. The number of hydrogen-bond donors (Lipinski definition) is 1. The number of amides is 1. The van der Waals surface area contributed by atoms with Crippen LogP contribution in [0.3, 0.4) is 0 Å². The van der Waals surface area contributed by atoms with E-state index in [2.05, 4.69) is 0 Å². The van der Waals surface area contributed by atoms with E-state index in [0.29, 0.717) is 28.9 Å². The number of rotatable bonds is 2. The molecule has 22 heavy (non-hydrogen) atoms. The Morgan fingerprint density at radius 1 is 1.18 bits per heavy atom. The summed E-state index contributed by atoms with van der Waals surface area (Å²) in [6.45, 7) is 0. The van der Waals surface area contributed by atoms with Crippen molar-refractivity contribution in [2.75, 3.05) is 0 Å². The van der Waals surface area contributed by atoms with E-state index in [4.69, 9.17) is 10.5 Å². The number of carbonyl (C=O) groups is 1. The summed E-state index contributed by atoms with van der Waals surface area (Å²) in [7, 11) is 0. The van der Waals surface area contributed by atoms with Gasteiger partial charge in [0.2, 0.25) is 5.91 Å². The molecular weight excluding hydrogens is 295 g/mol. The van der Waals surface area contributed by atoms with E-state index in [9.17, 15) is 18.0 Å². The van der Waals surface area contributed by atoms with Crippen LogP contribution in [-0.2, 0) is 12.6 Å². The van der Waals surface area contributed by atoms with E-state index in [1.165, 1.54) is 6.07 Å². The van der Waals surface area contributed by atoms with Crippen LogP contribution >= 0.6 is 0 Å². The van der Waals surface area contributed by atoms with Gasteiger partial charge < -0.3 is 10.5 Å². The molecule has 3 rings (SSSR count). The Morgan fingerprint density at radius 2 is 1.95 bits per heavy atom. The number of nitrogens with two attached hydrogens (primary N) is 1. The van der Waals surface area contributed by atoms with E-state index in [1.54, 1.807) is 24.3 Å². The number of primary amides is 1. The molecule has 3 nitrogen and oxygen atoms in total. The Hall–Kier alpha value is -2.50.